The first kappa shape index (κ1) is 23.3. The molecule has 1 aliphatic heterocycles. The lowest BCUT2D eigenvalue weighted by molar-refractivity contribution is -0.137. The highest BCUT2D eigenvalue weighted by atomic mass is 32.2. The van der Waals surface area contributed by atoms with E-state index in [2.05, 4.69) is 4.98 Å². The molecule has 0 radical (unpaired) electrons. The zero-order chi connectivity index (χ0) is 23.6. The van der Waals surface area contributed by atoms with Crippen LogP contribution in [0.2, 0.25) is 0 Å². The quantitative estimate of drug-likeness (QED) is 0.544. The van der Waals surface area contributed by atoms with Crippen molar-refractivity contribution in [1.29, 1.82) is 0 Å². The largest absolute Gasteiger partial charge is 0.338 e. The van der Waals surface area contributed by atoms with Crippen LogP contribution in [-0.4, -0.2) is 48.1 Å². The highest BCUT2D eigenvalue weighted by Crippen LogP contribution is 2.29. The highest BCUT2D eigenvalue weighted by Gasteiger charge is 2.34. The van der Waals surface area contributed by atoms with Gasteiger partial charge in [0, 0.05) is 43.7 Å². The van der Waals surface area contributed by atoms with Gasteiger partial charge in [-0.3, -0.25) is 9.78 Å². The van der Waals surface area contributed by atoms with E-state index >= 15 is 0 Å². The second-order valence-electron chi connectivity index (χ2n) is 8.50. The van der Waals surface area contributed by atoms with Crippen LogP contribution in [0.3, 0.4) is 0 Å². The lowest BCUT2D eigenvalue weighted by Crippen LogP contribution is -2.44. The number of carbonyl (C=O) groups is 1. The fourth-order valence-electron chi connectivity index (χ4n) is 4.39. The summed E-state index contributed by atoms with van der Waals surface area (Å²) in [5.41, 5.74) is 2.17. The molecule has 174 valence electrons. The summed E-state index contributed by atoms with van der Waals surface area (Å²) >= 11 is 0. The summed E-state index contributed by atoms with van der Waals surface area (Å²) in [5.74, 6) is -0.591. The van der Waals surface area contributed by atoms with Crippen LogP contribution in [0.1, 0.15) is 30.9 Å². The number of aromatic nitrogens is 1. The van der Waals surface area contributed by atoms with Crippen LogP contribution in [0.4, 0.5) is 4.39 Å². The Morgan fingerprint density at radius 1 is 1.15 bits per heavy atom. The van der Waals surface area contributed by atoms with Crippen LogP contribution in [0.25, 0.3) is 10.9 Å². The van der Waals surface area contributed by atoms with Gasteiger partial charge in [-0.15, -0.1) is 0 Å². The third kappa shape index (κ3) is 4.91. The third-order valence-corrected chi connectivity index (χ3v) is 8.12. The van der Waals surface area contributed by atoms with Crippen molar-refractivity contribution < 1.29 is 17.6 Å². The first-order chi connectivity index (χ1) is 15.8. The normalized spacial score (nSPS) is 15.6. The van der Waals surface area contributed by atoms with E-state index in [4.69, 9.17) is 0 Å². The molecule has 0 saturated carbocycles. The molecule has 1 saturated heterocycles. The molecule has 0 spiro atoms. The fraction of sp³-hybridized carbons (Fsp3) is 0.360. The Bertz CT molecular complexity index is 1270. The molecule has 3 aromatic rings. The Balaban J connectivity index is 1.46. The van der Waals surface area contributed by atoms with E-state index in [1.54, 1.807) is 35.4 Å². The summed E-state index contributed by atoms with van der Waals surface area (Å²) in [6.45, 7) is 5.22. The number of amides is 1. The van der Waals surface area contributed by atoms with Crippen molar-refractivity contribution in [3.8, 4) is 0 Å². The maximum atomic E-state index is 13.5. The van der Waals surface area contributed by atoms with Gasteiger partial charge >= 0.3 is 0 Å². The number of pyridine rings is 1. The monoisotopic (exact) mass is 469 g/mol. The SMILES string of the molecule is CCN(Cc1cccc(F)c1)C(=O)C1CCN(S(=O)(=O)c2cccc3cc(C)cnc23)CC1. The van der Waals surface area contributed by atoms with Gasteiger partial charge in [0.1, 0.15) is 10.7 Å². The molecular weight excluding hydrogens is 441 g/mol. The smallest absolute Gasteiger partial charge is 0.245 e. The summed E-state index contributed by atoms with van der Waals surface area (Å²) in [6, 6.07) is 13.4. The third-order valence-electron chi connectivity index (χ3n) is 6.19. The number of fused-ring (bicyclic) bond motifs is 1. The van der Waals surface area contributed by atoms with Crippen molar-refractivity contribution in [2.45, 2.75) is 38.1 Å². The second kappa shape index (κ2) is 9.57. The van der Waals surface area contributed by atoms with Crippen LogP contribution in [0.15, 0.2) is 59.6 Å². The van der Waals surface area contributed by atoms with Crippen molar-refractivity contribution in [2.75, 3.05) is 19.6 Å². The number of sulfonamides is 1. The highest BCUT2D eigenvalue weighted by molar-refractivity contribution is 7.89. The Morgan fingerprint density at radius 3 is 2.58 bits per heavy atom. The molecule has 0 bridgehead atoms. The molecule has 0 atom stereocenters. The first-order valence-electron chi connectivity index (χ1n) is 11.2. The maximum absolute atomic E-state index is 13.5. The fourth-order valence-corrected chi connectivity index (χ4v) is 6.03. The van der Waals surface area contributed by atoms with Crippen LogP contribution in [0, 0.1) is 18.7 Å². The first-order valence-corrected chi connectivity index (χ1v) is 12.6. The van der Waals surface area contributed by atoms with Gasteiger partial charge in [-0.05, 0) is 62.1 Å². The molecule has 1 fully saturated rings. The molecule has 33 heavy (non-hydrogen) atoms. The van der Waals surface area contributed by atoms with E-state index < -0.39 is 10.0 Å². The Hall–Kier alpha value is -2.84. The molecule has 1 aliphatic rings. The average molecular weight is 470 g/mol. The van der Waals surface area contributed by atoms with Crippen molar-refractivity contribution in [1.82, 2.24) is 14.2 Å². The van der Waals surface area contributed by atoms with Gasteiger partial charge in [0.05, 0.1) is 5.52 Å². The van der Waals surface area contributed by atoms with Gasteiger partial charge < -0.3 is 4.90 Å². The van der Waals surface area contributed by atoms with E-state index in [1.807, 2.05) is 26.0 Å². The van der Waals surface area contributed by atoms with Crippen molar-refractivity contribution in [2.24, 2.45) is 5.92 Å². The number of benzene rings is 2. The van der Waals surface area contributed by atoms with Crippen LogP contribution >= 0.6 is 0 Å². The molecule has 2 heterocycles. The number of rotatable bonds is 6. The number of hydrogen-bond acceptors (Lipinski definition) is 4. The van der Waals surface area contributed by atoms with Crippen LogP contribution in [-0.2, 0) is 21.4 Å². The van der Waals surface area contributed by atoms with Crippen LogP contribution in [0.5, 0.6) is 0 Å². The molecule has 4 rings (SSSR count). The number of carbonyl (C=O) groups excluding carboxylic acids is 1. The van der Waals surface area contributed by atoms with Crippen molar-refractivity contribution in [3.05, 3.63) is 71.7 Å². The zero-order valence-corrected chi connectivity index (χ0v) is 19.7. The Morgan fingerprint density at radius 2 is 1.88 bits per heavy atom. The lowest BCUT2D eigenvalue weighted by Gasteiger charge is -2.33. The number of hydrogen-bond donors (Lipinski definition) is 0. The van der Waals surface area contributed by atoms with Crippen molar-refractivity contribution >= 4 is 26.8 Å². The predicted octanol–water partition coefficient (Wildman–Crippen LogP) is 4.13. The molecule has 0 aliphatic carbocycles. The number of nitrogens with zero attached hydrogens (tertiary/aromatic N) is 3. The second-order valence-corrected chi connectivity index (χ2v) is 10.4. The zero-order valence-electron chi connectivity index (χ0n) is 18.9. The van der Waals surface area contributed by atoms with Gasteiger partial charge in [0.2, 0.25) is 15.9 Å². The van der Waals surface area contributed by atoms with Gasteiger partial charge in [-0.2, -0.15) is 4.31 Å². The number of aryl methyl sites for hydroxylation is 1. The van der Waals surface area contributed by atoms with Crippen LogP contribution < -0.4 is 0 Å². The minimum atomic E-state index is -3.73. The topological polar surface area (TPSA) is 70.6 Å². The Labute approximate surface area is 194 Å². The molecule has 8 heteroatoms. The Kier molecular flexibility index (Phi) is 6.76. The maximum Gasteiger partial charge on any atom is 0.245 e. The van der Waals surface area contributed by atoms with Gasteiger partial charge in [-0.25, -0.2) is 12.8 Å². The molecule has 2 aromatic carbocycles. The summed E-state index contributed by atoms with van der Waals surface area (Å²) in [7, 11) is -3.73. The lowest BCUT2D eigenvalue weighted by atomic mass is 9.96. The summed E-state index contributed by atoms with van der Waals surface area (Å²) in [4.78, 5) is 19.4. The van der Waals surface area contributed by atoms with E-state index in [0.29, 0.717) is 31.4 Å². The number of piperidine rings is 1. The van der Waals surface area contributed by atoms with E-state index in [1.165, 1.54) is 16.4 Å². The minimum Gasteiger partial charge on any atom is -0.338 e. The van der Waals surface area contributed by atoms with E-state index in [0.717, 1.165) is 16.5 Å². The van der Waals surface area contributed by atoms with E-state index in [-0.39, 0.29) is 35.6 Å². The average Bonchev–Trinajstić information content (AvgIpc) is 2.81. The molecular formula is C25H28FN3O3S. The number of halogens is 1. The number of para-hydroxylation sites is 1. The predicted molar refractivity (Wildman–Crippen MR) is 125 cm³/mol. The summed E-state index contributed by atoms with van der Waals surface area (Å²) in [5, 5.41) is 0.789. The molecule has 6 nitrogen and oxygen atoms in total. The van der Waals surface area contributed by atoms with Gasteiger partial charge in [0.15, 0.2) is 0 Å². The van der Waals surface area contributed by atoms with E-state index in [9.17, 15) is 17.6 Å². The molecule has 1 aromatic heterocycles. The minimum absolute atomic E-state index is 0.0129. The molecule has 1 amide bonds. The van der Waals surface area contributed by atoms with Gasteiger partial charge in [-0.1, -0.05) is 24.3 Å². The molecule has 0 N–H and O–H groups in total. The van der Waals surface area contributed by atoms with Crippen molar-refractivity contribution in [3.63, 3.8) is 0 Å². The summed E-state index contributed by atoms with van der Waals surface area (Å²) < 4.78 is 41.7. The summed E-state index contributed by atoms with van der Waals surface area (Å²) in [6.07, 6.45) is 2.58. The molecule has 0 unspecified atom stereocenters. The van der Waals surface area contributed by atoms with Gasteiger partial charge in [0.25, 0.3) is 0 Å². The standard InChI is InChI=1S/C25H28FN3O3S/c1-3-28(17-19-6-4-8-22(26)15-19)25(30)20-10-12-29(13-11-20)33(31,32)23-9-5-7-21-14-18(2)16-27-24(21)23/h4-9,14-16,20H,3,10-13,17H2,1-2H3.